The van der Waals surface area contributed by atoms with Gasteiger partial charge in [0.1, 0.15) is 22.9 Å². The summed E-state index contributed by atoms with van der Waals surface area (Å²) in [7, 11) is 0. The zero-order valence-electron chi connectivity index (χ0n) is 10.7. The van der Waals surface area contributed by atoms with Crippen molar-refractivity contribution < 1.29 is 9.90 Å². The molecule has 0 aliphatic carbocycles. The third-order valence-electron chi connectivity index (χ3n) is 2.34. The van der Waals surface area contributed by atoms with E-state index in [9.17, 15) is 9.90 Å². The number of rotatable bonds is 3. The largest absolute Gasteiger partial charge is 0.506 e. The molecule has 0 aliphatic heterocycles. The quantitative estimate of drug-likeness (QED) is 0.745. The van der Waals surface area contributed by atoms with Crippen molar-refractivity contribution in [2.45, 2.75) is 6.92 Å². The van der Waals surface area contributed by atoms with E-state index in [0.717, 1.165) is 0 Å². The Hall–Kier alpha value is -2.96. The second-order valence-electron chi connectivity index (χ2n) is 3.97. The number of nitrogen functional groups attached to an aromatic ring is 1. The molecule has 0 saturated heterocycles. The molecule has 0 bridgehead atoms. The number of nitrogens with two attached hydrogens (primary N) is 1. The number of carbonyl (C=O) groups excluding carboxylic acids is 1. The van der Waals surface area contributed by atoms with Gasteiger partial charge in [-0.25, -0.2) is 4.98 Å². The van der Waals surface area contributed by atoms with E-state index in [0.29, 0.717) is 11.4 Å². The lowest BCUT2D eigenvalue weighted by atomic mass is 10.3. The van der Waals surface area contributed by atoms with Gasteiger partial charge in [-0.2, -0.15) is 0 Å². The number of carbonyl (C=O) groups is 1. The number of anilines is 2. The topological polar surface area (TPSA) is 113 Å². The van der Waals surface area contributed by atoms with Crippen LogP contribution < -0.4 is 11.1 Å². The van der Waals surface area contributed by atoms with Gasteiger partial charge in [0, 0.05) is 6.92 Å². The smallest absolute Gasteiger partial charge is 0.222 e. The molecule has 0 unspecified atom stereocenters. The molecule has 4 N–H and O–H groups in total. The number of nitrogens with one attached hydrogen (secondary N) is 1. The van der Waals surface area contributed by atoms with Gasteiger partial charge in [-0.3, -0.25) is 4.79 Å². The van der Waals surface area contributed by atoms with Crippen molar-refractivity contribution in [2.24, 2.45) is 10.2 Å². The molecule has 7 heteroatoms. The molecule has 1 aromatic heterocycles. The Morgan fingerprint density at radius 3 is 2.60 bits per heavy atom. The molecule has 7 nitrogen and oxygen atoms in total. The van der Waals surface area contributed by atoms with Crippen LogP contribution in [0.15, 0.2) is 46.6 Å². The van der Waals surface area contributed by atoms with Gasteiger partial charge in [-0.05, 0) is 24.3 Å². The molecule has 2 aromatic rings. The number of pyridine rings is 1. The lowest BCUT2D eigenvalue weighted by Gasteiger charge is -2.05. The van der Waals surface area contributed by atoms with Gasteiger partial charge in [0.25, 0.3) is 0 Å². The van der Waals surface area contributed by atoms with Crippen molar-refractivity contribution in [1.82, 2.24) is 4.98 Å². The fourth-order valence-electron chi connectivity index (χ4n) is 1.46. The van der Waals surface area contributed by atoms with E-state index in [1.807, 2.05) is 0 Å². The second-order valence-corrected chi connectivity index (χ2v) is 3.97. The molecule has 0 saturated carbocycles. The number of para-hydroxylation sites is 1. The monoisotopic (exact) mass is 271 g/mol. The number of azo groups is 1. The summed E-state index contributed by atoms with van der Waals surface area (Å²) in [6, 6.07) is 9.65. The minimum Gasteiger partial charge on any atom is -0.506 e. The summed E-state index contributed by atoms with van der Waals surface area (Å²) in [5.41, 5.74) is 6.22. The predicted molar refractivity (Wildman–Crippen MR) is 75.2 cm³/mol. The minimum absolute atomic E-state index is 0.0146. The predicted octanol–water partition coefficient (Wildman–Crippen LogP) is 2.74. The Labute approximate surface area is 115 Å². The van der Waals surface area contributed by atoms with Crippen LogP contribution in [0.3, 0.4) is 0 Å². The number of phenols is 1. The van der Waals surface area contributed by atoms with Crippen LogP contribution in [0.25, 0.3) is 0 Å². The van der Waals surface area contributed by atoms with Crippen molar-refractivity contribution >= 4 is 28.9 Å². The Bertz CT molecular complexity index is 670. The number of aromatic hydroxyl groups is 1. The zero-order valence-corrected chi connectivity index (χ0v) is 10.7. The summed E-state index contributed by atoms with van der Waals surface area (Å²) in [6.07, 6.45) is 0. The van der Waals surface area contributed by atoms with E-state index in [2.05, 4.69) is 20.5 Å². The fourth-order valence-corrected chi connectivity index (χ4v) is 1.46. The Morgan fingerprint density at radius 1 is 1.20 bits per heavy atom. The van der Waals surface area contributed by atoms with Crippen molar-refractivity contribution in [1.29, 1.82) is 0 Å². The summed E-state index contributed by atoms with van der Waals surface area (Å²) in [5, 5.41) is 20.0. The van der Waals surface area contributed by atoms with Gasteiger partial charge in [0.2, 0.25) is 5.91 Å². The fraction of sp³-hybridized carbons (Fsp3) is 0.0769. The number of hydrogen-bond acceptors (Lipinski definition) is 6. The number of aromatic nitrogens is 1. The van der Waals surface area contributed by atoms with Crippen LogP contribution in [0.4, 0.5) is 23.0 Å². The highest BCUT2D eigenvalue weighted by Crippen LogP contribution is 2.30. The second kappa shape index (κ2) is 5.79. The molecule has 0 radical (unpaired) electrons. The third-order valence-corrected chi connectivity index (χ3v) is 2.34. The highest BCUT2D eigenvalue weighted by Gasteiger charge is 2.06. The highest BCUT2D eigenvalue weighted by atomic mass is 16.3. The normalized spacial score (nSPS) is 10.7. The van der Waals surface area contributed by atoms with E-state index in [4.69, 9.17) is 5.73 Å². The lowest BCUT2D eigenvalue weighted by Crippen LogP contribution is -2.08. The standard InChI is InChI=1S/C13H13N5O2/c1-8(19)15-13-10(6-7-12(14)16-13)18-17-9-4-2-3-5-11(9)20/h2-7,20H,1H3,(H3,14,15,16,19)/b18-17+. The Balaban J connectivity index is 2.33. The first-order chi connectivity index (χ1) is 9.56. The van der Waals surface area contributed by atoms with Crippen LogP contribution in [-0.4, -0.2) is 16.0 Å². The van der Waals surface area contributed by atoms with Gasteiger partial charge in [0.15, 0.2) is 5.82 Å². The van der Waals surface area contributed by atoms with Crippen LogP contribution in [0.2, 0.25) is 0 Å². The Kier molecular flexibility index (Phi) is 3.90. The molecule has 2 rings (SSSR count). The lowest BCUT2D eigenvalue weighted by molar-refractivity contribution is -0.114. The molecule has 0 fully saturated rings. The van der Waals surface area contributed by atoms with E-state index in [-0.39, 0.29) is 23.3 Å². The molecule has 0 spiro atoms. The van der Waals surface area contributed by atoms with Crippen molar-refractivity contribution in [3.63, 3.8) is 0 Å². The molecule has 0 aliphatic rings. The number of hydrogen-bond donors (Lipinski definition) is 3. The van der Waals surface area contributed by atoms with Crippen LogP contribution in [0, 0.1) is 0 Å². The molecular formula is C13H13N5O2. The van der Waals surface area contributed by atoms with E-state index in [1.165, 1.54) is 13.0 Å². The maximum atomic E-state index is 11.1. The number of benzene rings is 1. The van der Waals surface area contributed by atoms with Crippen LogP contribution in [0.5, 0.6) is 5.75 Å². The average Bonchev–Trinajstić information content (AvgIpc) is 2.39. The molecule has 1 aromatic carbocycles. The summed E-state index contributed by atoms with van der Waals surface area (Å²) < 4.78 is 0. The van der Waals surface area contributed by atoms with Crippen LogP contribution in [0.1, 0.15) is 6.92 Å². The molecule has 0 atom stereocenters. The van der Waals surface area contributed by atoms with Gasteiger partial charge in [-0.15, -0.1) is 10.2 Å². The van der Waals surface area contributed by atoms with E-state index < -0.39 is 0 Å². The number of nitrogens with zero attached hydrogens (tertiary/aromatic N) is 3. The van der Waals surface area contributed by atoms with Crippen molar-refractivity contribution in [3.05, 3.63) is 36.4 Å². The summed E-state index contributed by atoms with van der Waals surface area (Å²) >= 11 is 0. The number of phenolic OH excluding ortho intramolecular Hbond substituents is 1. The van der Waals surface area contributed by atoms with Gasteiger partial charge in [-0.1, -0.05) is 12.1 Å². The average molecular weight is 271 g/mol. The maximum absolute atomic E-state index is 11.1. The highest BCUT2D eigenvalue weighted by molar-refractivity contribution is 5.90. The molecule has 102 valence electrons. The summed E-state index contributed by atoms with van der Waals surface area (Å²) in [5.74, 6) is 0.203. The molecule has 1 heterocycles. The minimum atomic E-state index is -0.290. The molecular weight excluding hydrogens is 258 g/mol. The molecule has 1 amide bonds. The van der Waals surface area contributed by atoms with Gasteiger partial charge >= 0.3 is 0 Å². The molecule has 20 heavy (non-hydrogen) atoms. The number of amides is 1. The summed E-state index contributed by atoms with van der Waals surface area (Å²) in [4.78, 5) is 15.1. The Morgan fingerprint density at radius 2 is 1.90 bits per heavy atom. The van der Waals surface area contributed by atoms with Gasteiger partial charge < -0.3 is 16.2 Å². The van der Waals surface area contributed by atoms with Crippen molar-refractivity contribution in [3.8, 4) is 5.75 Å². The first kappa shape index (κ1) is 13.5. The third kappa shape index (κ3) is 3.29. The van der Waals surface area contributed by atoms with Crippen LogP contribution in [-0.2, 0) is 4.79 Å². The zero-order chi connectivity index (χ0) is 14.5. The first-order valence-electron chi connectivity index (χ1n) is 5.80. The summed E-state index contributed by atoms with van der Waals surface area (Å²) in [6.45, 7) is 1.36. The maximum Gasteiger partial charge on any atom is 0.222 e. The van der Waals surface area contributed by atoms with E-state index in [1.54, 1.807) is 30.3 Å². The van der Waals surface area contributed by atoms with Crippen molar-refractivity contribution in [2.75, 3.05) is 11.1 Å². The van der Waals surface area contributed by atoms with Gasteiger partial charge in [0.05, 0.1) is 0 Å². The van der Waals surface area contributed by atoms with Crippen LogP contribution >= 0.6 is 0 Å². The SMILES string of the molecule is CC(=O)Nc1nc(N)ccc1/N=N/c1ccccc1O. The first-order valence-corrected chi connectivity index (χ1v) is 5.80. The van der Waals surface area contributed by atoms with E-state index >= 15 is 0 Å².